The number of hydrogen-bond acceptors (Lipinski definition) is 5. The van der Waals surface area contributed by atoms with Crippen LogP contribution in [-0.2, 0) is 0 Å². The van der Waals surface area contributed by atoms with Crippen LogP contribution in [0.5, 0.6) is 5.75 Å². The SMILES string of the molecule is Cc1nnsc1C(=O)N1C2CCC(C2)[C@@H]1COc1ccc(F)cc1. The summed E-state index contributed by atoms with van der Waals surface area (Å²) >= 11 is 1.16. The molecule has 1 aliphatic carbocycles. The Kier molecular flexibility index (Phi) is 3.96. The van der Waals surface area contributed by atoms with Gasteiger partial charge in [-0.2, -0.15) is 0 Å². The van der Waals surface area contributed by atoms with Gasteiger partial charge in [0.05, 0.1) is 11.7 Å². The Morgan fingerprint density at radius 3 is 2.88 bits per heavy atom. The number of aromatic nitrogens is 2. The van der Waals surface area contributed by atoms with Crippen molar-refractivity contribution in [1.29, 1.82) is 0 Å². The number of nitrogens with zero attached hydrogens (tertiary/aromatic N) is 3. The maximum atomic E-state index is 13.0. The average molecular weight is 347 g/mol. The van der Waals surface area contributed by atoms with Crippen LogP contribution in [0.1, 0.15) is 34.6 Å². The quantitative estimate of drug-likeness (QED) is 0.853. The first-order valence-electron chi connectivity index (χ1n) is 8.13. The Morgan fingerprint density at radius 2 is 2.17 bits per heavy atom. The number of fused-ring (bicyclic) bond motifs is 2. The Bertz CT molecular complexity index is 749. The Balaban J connectivity index is 1.51. The highest BCUT2D eigenvalue weighted by Crippen LogP contribution is 2.43. The molecule has 2 bridgehead atoms. The van der Waals surface area contributed by atoms with Crippen LogP contribution in [0.3, 0.4) is 0 Å². The van der Waals surface area contributed by atoms with Gasteiger partial charge in [-0.15, -0.1) is 5.10 Å². The normalized spacial score (nSPS) is 25.2. The highest BCUT2D eigenvalue weighted by Gasteiger charge is 2.49. The van der Waals surface area contributed by atoms with Crippen molar-refractivity contribution in [3.8, 4) is 5.75 Å². The molecule has 2 fully saturated rings. The number of likely N-dealkylation sites (tertiary alicyclic amines) is 1. The van der Waals surface area contributed by atoms with E-state index in [9.17, 15) is 9.18 Å². The van der Waals surface area contributed by atoms with Crippen LogP contribution >= 0.6 is 11.5 Å². The minimum Gasteiger partial charge on any atom is -0.491 e. The van der Waals surface area contributed by atoms with E-state index < -0.39 is 0 Å². The summed E-state index contributed by atoms with van der Waals surface area (Å²) in [5.41, 5.74) is 0.686. The van der Waals surface area contributed by atoms with Gasteiger partial charge in [-0.1, -0.05) is 4.49 Å². The fourth-order valence-corrected chi connectivity index (χ4v) is 4.48. The molecule has 0 radical (unpaired) electrons. The maximum Gasteiger partial charge on any atom is 0.268 e. The molecule has 24 heavy (non-hydrogen) atoms. The standard InChI is InChI=1S/C17H18FN3O2S/c1-10-16(24-20-19-10)17(22)21-13-5-2-11(8-13)15(21)9-23-14-6-3-12(18)4-7-14/h3-4,6-7,11,13,15H,2,5,8-9H2,1H3/t11?,13?,15-/m0/s1. The van der Waals surface area contributed by atoms with Crippen LogP contribution in [0.15, 0.2) is 24.3 Å². The third kappa shape index (κ3) is 2.66. The summed E-state index contributed by atoms with van der Waals surface area (Å²) < 4.78 is 22.7. The molecule has 1 amide bonds. The molecule has 4 rings (SSSR count). The lowest BCUT2D eigenvalue weighted by atomic mass is 9.99. The second-order valence-electron chi connectivity index (χ2n) is 6.46. The Labute approximate surface area is 143 Å². The summed E-state index contributed by atoms with van der Waals surface area (Å²) in [6, 6.07) is 6.34. The first-order chi connectivity index (χ1) is 11.6. The first-order valence-corrected chi connectivity index (χ1v) is 8.91. The summed E-state index contributed by atoms with van der Waals surface area (Å²) in [4.78, 5) is 15.5. The monoisotopic (exact) mass is 347 g/mol. The number of benzene rings is 1. The highest BCUT2D eigenvalue weighted by molar-refractivity contribution is 7.07. The van der Waals surface area contributed by atoms with Crippen molar-refractivity contribution in [3.05, 3.63) is 40.7 Å². The van der Waals surface area contributed by atoms with Gasteiger partial charge >= 0.3 is 0 Å². The van der Waals surface area contributed by atoms with Crippen molar-refractivity contribution in [2.45, 2.75) is 38.3 Å². The van der Waals surface area contributed by atoms with E-state index in [2.05, 4.69) is 9.59 Å². The van der Waals surface area contributed by atoms with Crippen LogP contribution in [-0.4, -0.2) is 39.1 Å². The molecule has 126 valence electrons. The van der Waals surface area contributed by atoms with Crippen molar-refractivity contribution in [2.75, 3.05) is 6.61 Å². The van der Waals surface area contributed by atoms with Gasteiger partial charge in [-0.3, -0.25) is 4.79 Å². The van der Waals surface area contributed by atoms with E-state index in [-0.39, 0.29) is 23.8 Å². The molecular formula is C17H18FN3O2S. The van der Waals surface area contributed by atoms with Crippen molar-refractivity contribution in [1.82, 2.24) is 14.5 Å². The predicted octanol–water partition coefficient (Wildman–Crippen LogP) is 3.06. The summed E-state index contributed by atoms with van der Waals surface area (Å²) in [5, 5.41) is 3.95. The van der Waals surface area contributed by atoms with E-state index in [1.165, 1.54) is 12.1 Å². The van der Waals surface area contributed by atoms with E-state index in [1.807, 2.05) is 11.8 Å². The molecule has 2 aliphatic rings. The lowest BCUT2D eigenvalue weighted by molar-refractivity contribution is 0.0509. The Morgan fingerprint density at radius 1 is 1.38 bits per heavy atom. The summed E-state index contributed by atoms with van der Waals surface area (Å²) in [7, 11) is 0. The molecule has 0 N–H and O–H groups in total. The first kappa shape index (κ1) is 15.5. The van der Waals surface area contributed by atoms with Gasteiger partial charge in [0, 0.05) is 6.04 Å². The molecule has 2 heterocycles. The number of ether oxygens (including phenoxy) is 1. The largest absolute Gasteiger partial charge is 0.491 e. The molecule has 1 aromatic heterocycles. The molecule has 3 atom stereocenters. The number of carbonyl (C=O) groups is 1. The van der Waals surface area contributed by atoms with Crippen molar-refractivity contribution in [3.63, 3.8) is 0 Å². The number of carbonyl (C=O) groups excluding carboxylic acids is 1. The predicted molar refractivity (Wildman–Crippen MR) is 87.6 cm³/mol. The van der Waals surface area contributed by atoms with Crippen molar-refractivity contribution >= 4 is 17.4 Å². The highest BCUT2D eigenvalue weighted by atomic mass is 32.1. The second kappa shape index (κ2) is 6.12. The minimum atomic E-state index is -0.285. The summed E-state index contributed by atoms with van der Waals surface area (Å²) in [6.45, 7) is 2.25. The average Bonchev–Trinajstić information content (AvgIpc) is 3.29. The lowest BCUT2D eigenvalue weighted by Crippen LogP contribution is -2.47. The van der Waals surface area contributed by atoms with Crippen molar-refractivity contribution < 1.29 is 13.9 Å². The van der Waals surface area contributed by atoms with Gasteiger partial charge in [0.2, 0.25) is 0 Å². The summed E-state index contributed by atoms with van der Waals surface area (Å²) in [6.07, 6.45) is 3.22. The fourth-order valence-electron chi connectivity index (χ4n) is 3.88. The number of amides is 1. The molecule has 1 saturated carbocycles. The second-order valence-corrected chi connectivity index (χ2v) is 7.21. The molecule has 2 unspecified atom stereocenters. The van der Waals surface area contributed by atoms with Gasteiger partial charge in [-0.05, 0) is 67.9 Å². The third-order valence-corrected chi connectivity index (χ3v) is 5.87. The van der Waals surface area contributed by atoms with Crippen molar-refractivity contribution in [2.24, 2.45) is 5.92 Å². The molecule has 1 aromatic carbocycles. The van der Waals surface area contributed by atoms with Crippen LogP contribution in [0.2, 0.25) is 0 Å². The number of aryl methyl sites for hydroxylation is 1. The van der Waals surface area contributed by atoms with Crippen LogP contribution in [0.25, 0.3) is 0 Å². The lowest BCUT2D eigenvalue weighted by Gasteiger charge is -2.34. The fraction of sp³-hybridized carbons (Fsp3) is 0.471. The Hall–Kier alpha value is -2.02. The number of hydrogen-bond donors (Lipinski definition) is 0. The zero-order valence-corrected chi connectivity index (χ0v) is 14.1. The molecular weight excluding hydrogens is 329 g/mol. The number of piperidine rings is 1. The van der Waals surface area contributed by atoms with E-state index in [1.54, 1.807) is 12.1 Å². The molecule has 7 heteroatoms. The van der Waals surface area contributed by atoms with Crippen LogP contribution < -0.4 is 4.74 Å². The smallest absolute Gasteiger partial charge is 0.268 e. The molecule has 2 aromatic rings. The van der Waals surface area contributed by atoms with Gasteiger partial charge in [0.1, 0.15) is 23.1 Å². The van der Waals surface area contributed by atoms with Gasteiger partial charge in [0.25, 0.3) is 5.91 Å². The van der Waals surface area contributed by atoms with Gasteiger partial charge < -0.3 is 9.64 Å². The molecule has 1 saturated heterocycles. The van der Waals surface area contributed by atoms with Crippen LogP contribution in [0.4, 0.5) is 4.39 Å². The third-order valence-electron chi connectivity index (χ3n) is 5.06. The van der Waals surface area contributed by atoms with Gasteiger partial charge in [0.15, 0.2) is 0 Å². The molecule has 0 spiro atoms. The molecule has 1 aliphatic heterocycles. The number of halogens is 1. The number of rotatable bonds is 4. The minimum absolute atomic E-state index is 0.0161. The zero-order chi connectivity index (χ0) is 16.7. The van der Waals surface area contributed by atoms with E-state index in [0.29, 0.717) is 28.8 Å². The van der Waals surface area contributed by atoms with Gasteiger partial charge in [-0.25, -0.2) is 4.39 Å². The van der Waals surface area contributed by atoms with E-state index >= 15 is 0 Å². The molecule has 5 nitrogen and oxygen atoms in total. The zero-order valence-electron chi connectivity index (χ0n) is 13.3. The van der Waals surface area contributed by atoms with E-state index in [4.69, 9.17) is 4.74 Å². The topological polar surface area (TPSA) is 55.3 Å². The summed E-state index contributed by atoms with van der Waals surface area (Å²) in [5.74, 6) is 0.831. The van der Waals surface area contributed by atoms with Crippen LogP contribution in [0, 0.1) is 18.7 Å². The maximum absolute atomic E-state index is 13.0. The van der Waals surface area contributed by atoms with E-state index in [0.717, 1.165) is 30.8 Å².